The zero-order valence-corrected chi connectivity index (χ0v) is 12.0. The van der Waals surface area contributed by atoms with Gasteiger partial charge in [0.05, 0.1) is 5.41 Å². The Morgan fingerprint density at radius 2 is 1.62 bits per heavy atom. The van der Waals surface area contributed by atoms with Gasteiger partial charge in [-0.3, -0.25) is 4.79 Å². The molecule has 0 saturated carbocycles. The van der Waals surface area contributed by atoms with Gasteiger partial charge in [-0.15, -0.1) is 0 Å². The van der Waals surface area contributed by atoms with E-state index >= 15 is 0 Å². The molecule has 1 atom stereocenters. The summed E-state index contributed by atoms with van der Waals surface area (Å²) in [6.07, 6.45) is 2.69. The molecule has 0 saturated heterocycles. The highest BCUT2D eigenvalue weighted by Gasteiger charge is 2.30. The van der Waals surface area contributed by atoms with Gasteiger partial charge in [0.1, 0.15) is 6.10 Å². The highest BCUT2D eigenvalue weighted by Crippen LogP contribution is 2.27. The van der Waals surface area contributed by atoms with Crippen LogP contribution in [0.2, 0.25) is 0 Å². The van der Waals surface area contributed by atoms with Crippen molar-refractivity contribution in [3.05, 3.63) is 0 Å². The van der Waals surface area contributed by atoms with Gasteiger partial charge in [0, 0.05) is 0 Å². The van der Waals surface area contributed by atoms with Gasteiger partial charge in [0.2, 0.25) is 0 Å². The van der Waals surface area contributed by atoms with E-state index in [2.05, 4.69) is 27.7 Å². The Hall–Kier alpha value is -0.530. The molecule has 0 fully saturated rings. The van der Waals surface area contributed by atoms with Crippen molar-refractivity contribution in [3.63, 3.8) is 0 Å². The number of rotatable bonds is 5. The number of hydrogen-bond acceptors (Lipinski definition) is 2. The van der Waals surface area contributed by atoms with Crippen molar-refractivity contribution in [2.24, 2.45) is 10.8 Å². The van der Waals surface area contributed by atoms with E-state index < -0.39 is 0 Å². The molecule has 0 aliphatic rings. The molecular weight excluding hydrogens is 200 g/mol. The lowest BCUT2D eigenvalue weighted by molar-refractivity contribution is -0.161. The van der Waals surface area contributed by atoms with Crippen molar-refractivity contribution in [1.82, 2.24) is 0 Å². The van der Waals surface area contributed by atoms with Crippen LogP contribution >= 0.6 is 0 Å². The van der Waals surface area contributed by atoms with Crippen LogP contribution in [0, 0.1) is 10.8 Å². The van der Waals surface area contributed by atoms with E-state index in [0.717, 1.165) is 19.3 Å². The minimum Gasteiger partial charge on any atom is -0.462 e. The van der Waals surface area contributed by atoms with Crippen molar-refractivity contribution in [3.8, 4) is 0 Å². The van der Waals surface area contributed by atoms with Crippen LogP contribution in [0.25, 0.3) is 0 Å². The standard InChI is InChI=1S/C14H28O2/c1-8-11(10-13(3,4)5)16-12(15)14(6,7)9-2/h11H,8-10H2,1-7H3. The lowest BCUT2D eigenvalue weighted by atomic mass is 9.87. The summed E-state index contributed by atoms with van der Waals surface area (Å²) in [6, 6.07) is 0. The second kappa shape index (κ2) is 5.70. The Kier molecular flexibility index (Phi) is 5.51. The molecule has 0 N–H and O–H groups in total. The Bertz CT molecular complexity index is 223. The van der Waals surface area contributed by atoms with Gasteiger partial charge in [0.15, 0.2) is 0 Å². The van der Waals surface area contributed by atoms with Gasteiger partial charge in [-0.25, -0.2) is 0 Å². The zero-order chi connectivity index (χ0) is 13.0. The molecule has 2 nitrogen and oxygen atoms in total. The van der Waals surface area contributed by atoms with Crippen LogP contribution in [-0.2, 0) is 9.53 Å². The first-order valence-electron chi connectivity index (χ1n) is 6.33. The van der Waals surface area contributed by atoms with Crippen LogP contribution in [-0.4, -0.2) is 12.1 Å². The molecule has 0 radical (unpaired) electrons. The highest BCUT2D eigenvalue weighted by molar-refractivity contribution is 5.75. The molecule has 2 heteroatoms. The van der Waals surface area contributed by atoms with Gasteiger partial charge in [0.25, 0.3) is 0 Å². The third kappa shape index (κ3) is 5.53. The molecule has 0 aromatic rings. The molecule has 0 rings (SSSR count). The van der Waals surface area contributed by atoms with Crippen LogP contribution in [0.1, 0.15) is 67.7 Å². The highest BCUT2D eigenvalue weighted by atomic mass is 16.5. The van der Waals surface area contributed by atoms with Crippen molar-refractivity contribution in [1.29, 1.82) is 0 Å². The van der Waals surface area contributed by atoms with Crippen LogP contribution in [0.15, 0.2) is 0 Å². The van der Waals surface area contributed by atoms with Gasteiger partial charge in [-0.1, -0.05) is 34.6 Å². The average Bonchev–Trinajstić information content (AvgIpc) is 2.14. The minimum atomic E-state index is -0.356. The maximum atomic E-state index is 11.9. The van der Waals surface area contributed by atoms with Crippen molar-refractivity contribution < 1.29 is 9.53 Å². The lowest BCUT2D eigenvalue weighted by Gasteiger charge is -2.29. The Balaban J connectivity index is 4.39. The first-order valence-corrected chi connectivity index (χ1v) is 6.33. The first-order chi connectivity index (χ1) is 7.12. The SMILES string of the molecule is CCC(CC(C)(C)C)OC(=O)C(C)(C)CC. The summed E-state index contributed by atoms with van der Waals surface area (Å²) in [5.74, 6) is -0.0638. The summed E-state index contributed by atoms with van der Waals surface area (Å²) in [7, 11) is 0. The maximum absolute atomic E-state index is 11.9. The zero-order valence-electron chi connectivity index (χ0n) is 12.0. The molecule has 16 heavy (non-hydrogen) atoms. The minimum absolute atomic E-state index is 0.0540. The van der Waals surface area contributed by atoms with E-state index in [1.807, 2.05) is 20.8 Å². The molecule has 96 valence electrons. The number of carbonyl (C=O) groups is 1. The normalized spacial score (nSPS) is 14.7. The van der Waals surface area contributed by atoms with Crippen LogP contribution in [0.4, 0.5) is 0 Å². The monoisotopic (exact) mass is 228 g/mol. The number of esters is 1. The summed E-state index contributed by atoms with van der Waals surface area (Å²) in [5.41, 5.74) is -0.150. The smallest absolute Gasteiger partial charge is 0.311 e. The summed E-state index contributed by atoms with van der Waals surface area (Å²) in [5, 5.41) is 0. The average molecular weight is 228 g/mol. The largest absolute Gasteiger partial charge is 0.462 e. The molecule has 0 aromatic carbocycles. The van der Waals surface area contributed by atoms with E-state index in [0.29, 0.717) is 0 Å². The van der Waals surface area contributed by atoms with E-state index in [1.165, 1.54) is 0 Å². The van der Waals surface area contributed by atoms with Gasteiger partial charge >= 0.3 is 5.97 Å². The fraction of sp³-hybridized carbons (Fsp3) is 0.929. The van der Waals surface area contributed by atoms with E-state index in [4.69, 9.17) is 4.74 Å². The van der Waals surface area contributed by atoms with Gasteiger partial charge in [-0.2, -0.15) is 0 Å². The predicted octanol–water partition coefficient (Wildman–Crippen LogP) is 4.18. The molecular formula is C14H28O2. The summed E-state index contributed by atoms with van der Waals surface area (Å²) in [6.45, 7) is 14.5. The van der Waals surface area contributed by atoms with Crippen molar-refractivity contribution in [2.75, 3.05) is 0 Å². The van der Waals surface area contributed by atoms with Gasteiger partial charge < -0.3 is 4.74 Å². The molecule has 0 aliphatic carbocycles. The Labute approximate surface area is 101 Å². The van der Waals surface area contributed by atoms with Crippen LogP contribution in [0.3, 0.4) is 0 Å². The molecule has 0 aliphatic heterocycles. The lowest BCUT2D eigenvalue weighted by Crippen LogP contribution is -2.31. The van der Waals surface area contributed by atoms with E-state index in [-0.39, 0.29) is 22.9 Å². The predicted molar refractivity (Wildman–Crippen MR) is 68.3 cm³/mol. The Morgan fingerprint density at radius 3 is 1.94 bits per heavy atom. The second-order valence-electron chi connectivity index (χ2n) is 6.44. The third-order valence-electron chi connectivity index (χ3n) is 3.01. The van der Waals surface area contributed by atoms with E-state index in [1.54, 1.807) is 0 Å². The summed E-state index contributed by atoms with van der Waals surface area (Å²) < 4.78 is 5.59. The molecule has 0 aromatic heterocycles. The van der Waals surface area contributed by atoms with E-state index in [9.17, 15) is 4.79 Å². The summed E-state index contributed by atoms with van der Waals surface area (Å²) in [4.78, 5) is 11.9. The number of hydrogen-bond donors (Lipinski definition) is 0. The molecule has 0 heterocycles. The molecule has 1 unspecified atom stereocenters. The van der Waals surface area contributed by atoms with Crippen molar-refractivity contribution in [2.45, 2.75) is 73.8 Å². The topological polar surface area (TPSA) is 26.3 Å². The van der Waals surface area contributed by atoms with Gasteiger partial charge in [-0.05, 0) is 38.5 Å². The number of carbonyl (C=O) groups excluding carboxylic acids is 1. The number of ether oxygens (including phenoxy) is 1. The molecule has 0 bridgehead atoms. The molecule has 0 amide bonds. The second-order valence-corrected chi connectivity index (χ2v) is 6.44. The summed E-state index contributed by atoms with van der Waals surface area (Å²) >= 11 is 0. The fourth-order valence-corrected chi connectivity index (χ4v) is 1.41. The maximum Gasteiger partial charge on any atom is 0.311 e. The Morgan fingerprint density at radius 1 is 1.12 bits per heavy atom. The van der Waals surface area contributed by atoms with Crippen LogP contribution in [0.5, 0.6) is 0 Å². The molecule has 0 spiro atoms. The van der Waals surface area contributed by atoms with Crippen LogP contribution < -0.4 is 0 Å². The first kappa shape index (κ1) is 15.5. The third-order valence-corrected chi connectivity index (χ3v) is 3.01. The quantitative estimate of drug-likeness (QED) is 0.660. The van der Waals surface area contributed by atoms with Crippen molar-refractivity contribution >= 4 is 5.97 Å². The fourth-order valence-electron chi connectivity index (χ4n) is 1.41.